The summed E-state index contributed by atoms with van der Waals surface area (Å²) in [4.78, 5) is 20.5. The summed E-state index contributed by atoms with van der Waals surface area (Å²) in [6, 6.07) is 5.85. The average molecular weight is 567 g/mol. The average Bonchev–Trinajstić information content (AvgIpc) is 2.91. The van der Waals surface area contributed by atoms with Crippen molar-refractivity contribution >= 4 is 11.9 Å². The van der Waals surface area contributed by atoms with Crippen LogP contribution in [0.4, 0.5) is 0 Å². The van der Waals surface area contributed by atoms with Crippen LogP contribution in [0, 0.1) is 0 Å². The number of aromatic hydroxyl groups is 2. The van der Waals surface area contributed by atoms with E-state index in [4.69, 9.17) is 20.4 Å². The molecular weight excluding hydrogens is 504 g/mol. The fourth-order valence-corrected chi connectivity index (χ4v) is 4.37. The van der Waals surface area contributed by atoms with Crippen molar-refractivity contribution < 1.29 is 30.0 Å². The number of aliphatic carboxylic acids is 2. The number of carboxylic acid groups (broad SMARTS) is 2. The van der Waals surface area contributed by atoms with Gasteiger partial charge in [-0.05, 0) is 25.0 Å². The summed E-state index contributed by atoms with van der Waals surface area (Å²) >= 11 is 0. The molecule has 0 unspecified atom stereocenters. The van der Waals surface area contributed by atoms with Gasteiger partial charge in [-0.1, -0.05) is 148 Å². The Balaban J connectivity index is 0. The SMILES string of the molecule is CCCCCCCCCCCCCC(=O)O.CCCCCCCCCCCCCC(=O)O.Oc1cccc(O)c1. The quantitative estimate of drug-likeness (QED) is 0.0925. The highest BCUT2D eigenvalue weighted by Crippen LogP contribution is 2.15. The third-order valence-corrected chi connectivity index (χ3v) is 6.82. The van der Waals surface area contributed by atoms with E-state index in [2.05, 4.69) is 13.8 Å². The molecule has 1 rings (SSSR count). The molecule has 0 radical (unpaired) electrons. The minimum Gasteiger partial charge on any atom is -0.508 e. The fourth-order valence-electron chi connectivity index (χ4n) is 4.37. The van der Waals surface area contributed by atoms with Crippen LogP contribution in [-0.2, 0) is 9.59 Å². The first-order valence-electron chi connectivity index (χ1n) is 16.2. The zero-order chi connectivity index (χ0) is 30.1. The van der Waals surface area contributed by atoms with Gasteiger partial charge in [-0.3, -0.25) is 9.59 Å². The fraction of sp³-hybridized carbons (Fsp3) is 0.765. The molecule has 0 aliphatic rings. The molecule has 0 saturated carbocycles. The van der Waals surface area contributed by atoms with Crippen molar-refractivity contribution in [1.82, 2.24) is 0 Å². The maximum atomic E-state index is 10.3. The molecule has 0 aliphatic heterocycles. The van der Waals surface area contributed by atoms with E-state index in [1.165, 1.54) is 134 Å². The zero-order valence-corrected chi connectivity index (χ0v) is 25.9. The van der Waals surface area contributed by atoms with Crippen LogP contribution in [0.3, 0.4) is 0 Å². The second-order valence-electron chi connectivity index (χ2n) is 10.9. The summed E-state index contributed by atoms with van der Waals surface area (Å²) in [6.45, 7) is 4.49. The van der Waals surface area contributed by atoms with Crippen LogP contribution in [0.5, 0.6) is 11.5 Å². The second-order valence-corrected chi connectivity index (χ2v) is 10.9. The topological polar surface area (TPSA) is 115 Å². The van der Waals surface area contributed by atoms with Gasteiger partial charge in [-0.15, -0.1) is 0 Å². The molecule has 0 amide bonds. The Morgan fingerprint density at radius 3 is 0.925 bits per heavy atom. The summed E-state index contributed by atoms with van der Waals surface area (Å²) in [5.41, 5.74) is 0. The highest BCUT2D eigenvalue weighted by atomic mass is 16.4. The van der Waals surface area contributed by atoms with Gasteiger partial charge in [0, 0.05) is 18.9 Å². The Kier molecular flexibility index (Phi) is 32.9. The summed E-state index contributed by atoms with van der Waals surface area (Å²) in [7, 11) is 0. The summed E-state index contributed by atoms with van der Waals surface area (Å²) in [5.74, 6) is -1.14. The first-order chi connectivity index (χ1) is 19.3. The normalized spacial score (nSPS) is 10.2. The first-order valence-corrected chi connectivity index (χ1v) is 16.2. The highest BCUT2D eigenvalue weighted by molar-refractivity contribution is 5.66. The van der Waals surface area contributed by atoms with Crippen LogP contribution in [0.2, 0.25) is 0 Å². The molecule has 0 aromatic heterocycles. The number of carboxylic acids is 2. The van der Waals surface area contributed by atoms with Crippen molar-refractivity contribution in [3.05, 3.63) is 24.3 Å². The van der Waals surface area contributed by atoms with Gasteiger partial charge in [0.25, 0.3) is 0 Å². The molecule has 0 atom stereocenters. The predicted molar refractivity (Wildman–Crippen MR) is 167 cm³/mol. The Morgan fingerprint density at radius 1 is 0.475 bits per heavy atom. The van der Waals surface area contributed by atoms with E-state index in [9.17, 15) is 9.59 Å². The number of unbranched alkanes of at least 4 members (excludes halogenated alkanes) is 20. The Labute approximate surface area is 245 Å². The maximum absolute atomic E-state index is 10.3. The minimum atomic E-state index is -0.657. The standard InChI is InChI=1S/2C14H28O2.C6H6O2/c2*1-2-3-4-5-6-7-8-9-10-11-12-13-14(15)16;7-5-2-1-3-6(8)4-5/h2*2-13H2,1H3,(H,15,16);1-4,7-8H. The van der Waals surface area contributed by atoms with Gasteiger partial charge in [0.15, 0.2) is 0 Å². The van der Waals surface area contributed by atoms with Gasteiger partial charge in [0.1, 0.15) is 11.5 Å². The van der Waals surface area contributed by atoms with Crippen molar-refractivity contribution in [2.45, 2.75) is 168 Å². The van der Waals surface area contributed by atoms with Crippen LogP contribution in [0.25, 0.3) is 0 Å². The van der Waals surface area contributed by atoms with Crippen LogP contribution in [-0.4, -0.2) is 32.4 Å². The second kappa shape index (κ2) is 33.0. The molecule has 0 saturated heterocycles. The van der Waals surface area contributed by atoms with Gasteiger partial charge < -0.3 is 20.4 Å². The number of benzene rings is 1. The first kappa shape index (κ1) is 39.9. The molecule has 0 aliphatic carbocycles. The lowest BCUT2D eigenvalue weighted by molar-refractivity contribution is -0.138. The molecule has 0 fully saturated rings. The number of carbonyl (C=O) groups is 2. The smallest absolute Gasteiger partial charge is 0.303 e. The van der Waals surface area contributed by atoms with Crippen LogP contribution in [0.15, 0.2) is 24.3 Å². The molecule has 1 aromatic rings. The van der Waals surface area contributed by atoms with E-state index in [-0.39, 0.29) is 11.5 Å². The van der Waals surface area contributed by atoms with Gasteiger partial charge >= 0.3 is 11.9 Å². The van der Waals surface area contributed by atoms with E-state index in [1.54, 1.807) is 6.07 Å². The molecule has 1 aromatic carbocycles. The summed E-state index contributed by atoms with van der Waals surface area (Å²) in [6.07, 6.45) is 28.7. The molecule has 0 bridgehead atoms. The minimum absolute atomic E-state index is 0.0880. The Hall–Kier alpha value is -2.24. The Bertz CT molecular complexity index is 623. The van der Waals surface area contributed by atoms with E-state index >= 15 is 0 Å². The van der Waals surface area contributed by atoms with E-state index in [0.29, 0.717) is 12.8 Å². The van der Waals surface area contributed by atoms with Gasteiger partial charge in [0.05, 0.1) is 0 Å². The van der Waals surface area contributed by atoms with Crippen molar-refractivity contribution in [3.8, 4) is 11.5 Å². The molecule has 0 spiro atoms. The molecule has 4 N–H and O–H groups in total. The van der Waals surface area contributed by atoms with Crippen LogP contribution < -0.4 is 0 Å². The van der Waals surface area contributed by atoms with Crippen molar-refractivity contribution in [3.63, 3.8) is 0 Å². The molecule has 6 nitrogen and oxygen atoms in total. The lowest BCUT2D eigenvalue weighted by Crippen LogP contribution is -1.93. The molecule has 234 valence electrons. The summed E-state index contributed by atoms with van der Waals surface area (Å²) in [5, 5.41) is 34.2. The lowest BCUT2D eigenvalue weighted by Gasteiger charge is -2.01. The molecule has 40 heavy (non-hydrogen) atoms. The number of phenols is 2. The van der Waals surface area contributed by atoms with E-state index in [1.807, 2.05) is 0 Å². The number of hydrogen-bond acceptors (Lipinski definition) is 4. The van der Waals surface area contributed by atoms with Crippen LogP contribution in [0.1, 0.15) is 168 Å². The third-order valence-electron chi connectivity index (χ3n) is 6.82. The monoisotopic (exact) mass is 566 g/mol. The van der Waals surface area contributed by atoms with E-state index in [0.717, 1.165) is 25.7 Å². The predicted octanol–water partition coefficient (Wildman–Crippen LogP) is 10.6. The Morgan fingerprint density at radius 2 is 0.725 bits per heavy atom. The van der Waals surface area contributed by atoms with Gasteiger partial charge in [0.2, 0.25) is 0 Å². The van der Waals surface area contributed by atoms with Crippen molar-refractivity contribution in [2.24, 2.45) is 0 Å². The highest BCUT2D eigenvalue weighted by Gasteiger charge is 1.98. The van der Waals surface area contributed by atoms with Crippen LogP contribution >= 0.6 is 0 Å². The third kappa shape index (κ3) is 37.9. The number of hydrogen-bond donors (Lipinski definition) is 4. The lowest BCUT2D eigenvalue weighted by atomic mass is 10.1. The number of phenolic OH excluding ortho intramolecular Hbond substituents is 2. The van der Waals surface area contributed by atoms with Gasteiger partial charge in [-0.25, -0.2) is 0 Å². The summed E-state index contributed by atoms with van der Waals surface area (Å²) < 4.78 is 0. The van der Waals surface area contributed by atoms with Crippen molar-refractivity contribution in [2.75, 3.05) is 0 Å². The van der Waals surface area contributed by atoms with E-state index < -0.39 is 11.9 Å². The maximum Gasteiger partial charge on any atom is 0.303 e. The number of rotatable bonds is 24. The molecule has 6 heteroatoms. The zero-order valence-electron chi connectivity index (χ0n) is 25.9. The van der Waals surface area contributed by atoms with Gasteiger partial charge in [-0.2, -0.15) is 0 Å². The molecular formula is C34H62O6. The largest absolute Gasteiger partial charge is 0.508 e. The molecule has 0 heterocycles. The van der Waals surface area contributed by atoms with Crippen molar-refractivity contribution in [1.29, 1.82) is 0 Å².